The molecule has 0 spiro atoms. The van der Waals surface area contributed by atoms with E-state index in [0.717, 1.165) is 29.7 Å². The van der Waals surface area contributed by atoms with Crippen molar-refractivity contribution in [1.82, 2.24) is 10.2 Å². The van der Waals surface area contributed by atoms with Crippen LogP contribution < -0.4 is 10.1 Å². The summed E-state index contributed by atoms with van der Waals surface area (Å²) in [4.78, 5) is 15.1. The number of benzene rings is 2. The summed E-state index contributed by atoms with van der Waals surface area (Å²) in [6.07, 6.45) is 0.891. The molecule has 0 saturated carbocycles. The van der Waals surface area contributed by atoms with Gasteiger partial charge in [0, 0.05) is 43.4 Å². The molecule has 2 aromatic carbocycles. The van der Waals surface area contributed by atoms with Crippen LogP contribution in [-0.4, -0.2) is 50.3 Å². The first-order valence-corrected chi connectivity index (χ1v) is 9.39. The zero-order valence-corrected chi connectivity index (χ0v) is 16.1. The Morgan fingerprint density at radius 2 is 2.11 bits per heavy atom. The van der Waals surface area contributed by atoms with Crippen LogP contribution in [-0.2, 0) is 11.3 Å². The maximum atomic E-state index is 13.1. The summed E-state index contributed by atoms with van der Waals surface area (Å²) in [6.45, 7) is 2.02. The number of carbonyl (C=O) groups is 1. The van der Waals surface area contributed by atoms with Gasteiger partial charge in [-0.15, -0.1) is 0 Å². The van der Waals surface area contributed by atoms with Gasteiger partial charge in [-0.1, -0.05) is 12.1 Å². The third-order valence-electron chi connectivity index (χ3n) is 5.57. The van der Waals surface area contributed by atoms with E-state index in [-0.39, 0.29) is 18.0 Å². The smallest absolute Gasteiger partial charge is 0.254 e. The Hall–Kier alpha value is -2.88. The maximum absolute atomic E-state index is 13.1. The number of fused-ring (bicyclic) bond motifs is 1. The number of hydrogen-bond donors (Lipinski definition) is 1. The third-order valence-corrected chi connectivity index (χ3v) is 5.57. The number of rotatable bonds is 5. The molecule has 2 aliphatic heterocycles. The number of ether oxygens (including phenoxy) is 2. The van der Waals surface area contributed by atoms with Crippen molar-refractivity contribution >= 4 is 5.91 Å². The topological polar surface area (TPSA) is 74.6 Å². The molecule has 28 heavy (non-hydrogen) atoms. The van der Waals surface area contributed by atoms with E-state index in [1.807, 2.05) is 35.2 Å². The van der Waals surface area contributed by atoms with E-state index in [1.165, 1.54) is 0 Å². The number of carbonyl (C=O) groups excluding carboxylic acids is 1. The molecule has 1 amide bonds. The molecule has 2 heterocycles. The second kappa shape index (κ2) is 7.63. The van der Waals surface area contributed by atoms with Crippen molar-refractivity contribution in [1.29, 1.82) is 5.26 Å². The Balaban J connectivity index is 1.65. The molecule has 0 bridgehead atoms. The van der Waals surface area contributed by atoms with Crippen LogP contribution in [0.2, 0.25) is 0 Å². The van der Waals surface area contributed by atoms with E-state index in [1.54, 1.807) is 20.3 Å². The zero-order chi connectivity index (χ0) is 19.7. The summed E-state index contributed by atoms with van der Waals surface area (Å²) >= 11 is 0. The molecule has 2 aliphatic rings. The molecular weight excluding hydrogens is 354 g/mol. The van der Waals surface area contributed by atoms with E-state index in [4.69, 9.17) is 9.47 Å². The highest BCUT2D eigenvalue weighted by atomic mass is 16.5. The lowest BCUT2D eigenvalue weighted by Crippen LogP contribution is -2.36. The van der Waals surface area contributed by atoms with Crippen LogP contribution >= 0.6 is 0 Å². The second-order valence-corrected chi connectivity index (χ2v) is 7.29. The summed E-state index contributed by atoms with van der Waals surface area (Å²) in [5.41, 5.74) is 3.97. The summed E-state index contributed by atoms with van der Waals surface area (Å²) in [6, 6.07) is 13.8. The lowest BCUT2D eigenvalue weighted by atomic mass is 9.98. The Morgan fingerprint density at radius 1 is 1.25 bits per heavy atom. The molecule has 1 fully saturated rings. The SMILES string of the molecule is COC[C@@H]1C[C@@H](N2Cc3cc(OC)c(-c4cccc(C#N)c4)cc3C2=O)CN1. The highest BCUT2D eigenvalue weighted by Crippen LogP contribution is 2.37. The van der Waals surface area contributed by atoms with Gasteiger partial charge in [0.2, 0.25) is 0 Å². The van der Waals surface area contributed by atoms with E-state index in [9.17, 15) is 10.1 Å². The first kappa shape index (κ1) is 18.5. The van der Waals surface area contributed by atoms with Gasteiger partial charge in [-0.3, -0.25) is 4.79 Å². The fourth-order valence-corrected chi connectivity index (χ4v) is 4.17. The Labute approximate surface area is 164 Å². The van der Waals surface area contributed by atoms with Gasteiger partial charge in [0.05, 0.1) is 25.3 Å². The molecule has 4 rings (SSSR count). The summed E-state index contributed by atoms with van der Waals surface area (Å²) < 4.78 is 10.8. The third kappa shape index (κ3) is 3.24. The van der Waals surface area contributed by atoms with Crippen LogP contribution in [0, 0.1) is 11.3 Å². The summed E-state index contributed by atoms with van der Waals surface area (Å²) in [7, 11) is 3.32. The molecule has 0 aromatic heterocycles. The Kier molecular flexibility index (Phi) is 5.03. The van der Waals surface area contributed by atoms with Gasteiger partial charge in [0.15, 0.2) is 0 Å². The molecule has 6 heteroatoms. The van der Waals surface area contributed by atoms with Gasteiger partial charge in [0.25, 0.3) is 5.91 Å². The van der Waals surface area contributed by atoms with Gasteiger partial charge in [-0.05, 0) is 41.8 Å². The Bertz CT molecular complexity index is 951. The lowest BCUT2D eigenvalue weighted by molar-refractivity contribution is 0.0711. The number of hydrogen-bond acceptors (Lipinski definition) is 5. The highest BCUT2D eigenvalue weighted by Gasteiger charge is 2.37. The molecule has 6 nitrogen and oxygen atoms in total. The van der Waals surface area contributed by atoms with Crippen molar-refractivity contribution in [3.63, 3.8) is 0 Å². The van der Waals surface area contributed by atoms with Crippen LogP contribution in [0.1, 0.15) is 27.9 Å². The van der Waals surface area contributed by atoms with Crippen LogP contribution in [0.15, 0.2) is 36.4 Å². The Morgan fingerprint density at radius 3 is 2.86 bits per heavy atom. The average Bonchev–Trinajstić information content (AvgIpc) is 3.31. The van der Waals surface area contributed by atoms with Crippen molar-refractivity contribution in [3.05, 3.63) is 53.1 Å². The first-order chi connectivity index (χ1) is 13.6. The average molecular weight is 377 g/mol. The number of nitriles is 1. The van der Waals surface area contributed by atoms with Gasteiger partial charge in [-0.25, -0.2) is 0 Å². The van der Waals surface area contributed by atoms with Crippen molar-refractivity contribution in [2.24, 2.45) is 0 Å². The predicted molar refractivity (Wildman–Crippen MR) is 105 cm³/mol. The molecule has 1 N–H and O–H groups in total. The van der Waals surface area contributed by atoms with E-state index in [0.29, 0.717) is 30.0 Å². The van der Waals surface area contributed by atoms with E-state index >= 15 is 0 Å². The zero-order valence-electron chi connectivity index (χ0n) is 16.1. The fourth-order valence-electron chi connectivity index (χ4n) is 4.17. The van der Waals surface area contributed by atoms with Crippen LogP contribution in [0.5, 0.6) is 5.75 Å². The first-order valence-electron chi connectivity index (χ1n) is 9.39. The van der Waals surface area contributed by atoms with E-state index in [2.05, 4.69) is 11.4 Å². The summed E-state index contributed by atoms with van der Waals surface area (Å²) in [5.74, 6) is 0.769. The monoisotopic (exact) mass is 377 g/mol. The highest BCUT2D eigenvalue weighted by molar-refractivity contribution is 6.00. The number of methoxy groups -OCH3 is 2. The minimum absolute atomic E-state index is 0.0557. The number of nitrogens with one attached hydrogen (secondary N) is 1. The van der Waals surface area contributed by atoms with Gasteiger partial charge < -0.3 is 19.7 Å². The maximum Gasteiger partial charge on any atom is 0.254 e. The van der Waals surface area contributed by atoms with Crippen molar-refractivity contribution < 1.29 is 14.3 Å². The van der Waals surface area contributed by atoms with Gasteiger partial charge in [0.1, 0.15) is 5.75 Å². The minimum Gasteiger partial charge on any atom is -0.496 e. The largest absolute Gasteiger partial charge is 0.496 e. The quantitative estimate of drug-likeness (QED) is 0.867. The molecule has 0 aliphatic carbocycles. The van der Waals surface area contributed by atoms with Crippen molar-refractivity contribution in [2.45, 2.75) is 25.0 Å². The standard InChI is InChI=1S/C22H23N3O3/c1-27-13-17-8-18(11-24-17)25-12-16-7-21(28-2)19(9-20(16)22(25)26)15-5-3-4-14(6-15)10-23/h3-7,9,17-18,24H,8,11-13H2,1-2H3/t17-,18+/m0/s1. The molecule has 144 valence electrons. The molecule has 0 radical (unpaired) electrons. The van der Waals surface area contributed by atoms with Crippen LogP contribution in [0.4, 0.5) is 0 Å². The number of nitrogens with zero attached hydrogens (tertiary/aromatic N) is 2. The van der Waals surface area contributed by atoms with Crippen molar-refractivity contribution in [2.75, 3.05) is 27.4 Å². The fraction of sp³-hybridized carbons (Fsp3) is 0.364. The van der Waals surface area contributed by atoms with Crippen LogP contribution in [0.25, 0.3) is 11.1 Å². The van der Waals surface area contributed by atoms with Crippen LogP contribution in [0.3, 0.4) is 0 Å². The summed E-state index contributed by atoms with van der Waals surface area (Å²) in [5, 5.41) is 12.6. The van der Waals surface area contributed by atoms with Crippen molar-refractivity contribution in [3.8, 4) is 22.9 Å². The molecule has 2 aromatic rings. The second-order valence-electron chi connectivity index (χ2n) is 7.29. The van der Waals surface area contributed by atoms with E-state index < -0.39 is 0 Å². The predicted octanol–water partition coefficient (Wildman–Crippen LogP) is 2.57. The molecular formula is C22H23N3O3. The number of amides is 1. The molecule has 1 saturated heterocycles. The lowest BCUT2D eigenvalue weighted by Gasteiger charge is -2.23. The minimum atomic E-state index is 0.0557. The van der Waals surface area contributed by atoms with Gasteiger partial charge in [-0.2, -0.15) is 5.26 Å². The molecule has 0 unspecified atom stereocenters. The normalized spacial score (nSPS) is 20.9. The molecule has 2 atom stereocenters. The van der Waals surface area contributed by atoms with Gasteiger partial charge >= 0.3 is 0 Å².